The maximum absolute atomic E-state index is 5.38. The normalized spacial score (nSPS) is 26.6. The molecule has 0 aliphatic heterocycles. The van der Waals surface area contributed by atoms with Gasteiger partial charge in [-0.3, -0.25) is 0 Å². The number of hydrogen-bond acceptors (Lipinski definition) is 1. The Balaban J connectivity index is 2.39. The zero-order valence-corrected chi connectivity index (χ0v) is 8.25. The molecule has 1 aliphatic carbocycles. The molecule has 1 heteroatoms. The van der Waals surface area contributed by atoms with Gasteiger partial charge in [-0.05, 0) is 36.5 Å². The monoisotopic (exact) mass is 170 g/mol. The Morgan fingerprint density at radius 2 is 2.18 bits per heavy atom. The molecule has 1 unspecified atom stereocenters. The summed E-state index contributed by atoms with van der Waals surface area (Å²) in [5, 5.41) is 0. The van der Waals surface area contributed by atoms with Gasteiger partial charge in [0.1, 0.15) is 0 Å². The zero-order chi connectivity index (χ0) is 8.10. The lowest BCUT2D eigenvalue weighted by Crippen LogP contribution is -2.09. The van der Waals surface area contributed by atoms with Gasteiger partial charge in [0.2, 0.25) is 0 Å². The predicted molar refractivity (Wildman–Crippen MR) is 54.1 cm³/mol. The average molecular weight is 170 g/mol. The minimum atomic E-state index is 0.789. The molecule has 1 rings (SSSR count). The molecule has 0 amide bonds. The van der Waals surface area contributed by atoms with E-state index in [9.17, 15) is 0 Å². The van der Waals surface area contributed by atoms with E-state index in [1.54, 1.807) is 0 Å². The molecule has 0 saturated heterocycles. The van der Waals surface area contributed by atoms with Gasteiger partial charge in [-0.1, -0.05) is 38.4 Å². The van der Waals surface area contributed by atoms with Crippen LogP contribution in [0.15, 0.2) is 0 Å². The van der Waals surface area contributed by atoms with Crippen LogP contribution in [0.25, 0.3) is 0 Å². The maximum Gasteiger partial charge on any atom is -0.00406 e. The molecule has 64 valence electrons. The summed E-state index contributed by atoms with van der Waals surface area (Å²) < 4.78 is 0. The van der Waals surface area contributed by atoms with Crippen LogP contribution in [-0.2, 0) is 0 Å². The van der Waals surface area contributed by atoms with E-state index in [1.807, 2.05) is 0 Å². The van der Waals surface area contributed by atoms with Crippen molar-refractivity contribution in [2.45, 2.75) is 51.9 Å². The van der Waals surface area contributed by atoms with E-state index in [0.717, 1.165) is 5.92 Å². The number of hydrogen-bond donors (Lipinski definition) is 0. The molecule has 1 saturated carbocycles. The van der Waals surface area contributed by atoms with Crippen molar-refractivity contribution in [1.29, 1.82) is 0 Å². The first-order chi connectivity index (χ1) is 5.34. The molecule has 0 N–H and O–H groups in total. The summed E-state index contributed by atoms with van der Waals surface area (Å²) in [5.74, 6) is 0.789. The van der Waals surface area contributed by atoms with Gasteiger partial charge in [-0.25, -0.2) is 0 Å². The van der Waals surface area contributed by atoms with Crippen LogP contribution in [0, 0.1) is 5.92 Å². The Bertz CT molecular complexity index is 129. The van der Waals surface area contributed by atoms with Crippen LogP contribution in [0.2, 0.25) is 0 Å². The molecule has 0 heterocycles. The van der Waals surface area contributed by atoms with Crippen LogP contribution in [0.4, 0.5) is 0 Å². The van der Waals surface area contributed by atoms with Crippen molar-refractivity contribution in [3.63, 3.8) is 0 Å². The van der Waals surface area contributed by atoms with Gasteiger partial charge in [-0.15, -0.1) is 0 Å². The summed E-state index contributed by atoms with van der Waals surface area (Å²) in [5.41, 5.74) is 0. The Kier molecular flexibility index (Phi) is 4.06. The van der Waals surface area contributed by atoms with Crippen molar-refractivity contribution < 1.29 is 0 Å². The lowest BCUT2D eigenvalue weighted by Gasteiger charge is -2.12. The highest BCUT2D eigenvalue weighted by molar-refractivity contribution is 7.80. The quantitative estimate of drug-likeness (QED) is 0.449. The maximum atomic E-state index is 5.38. The highest BCUT2D eigenvalue weighted by Gasteiger charge is 2.15. The van der Waals surface area contributed by atoms with Crippen LogP contribution in [0.3, 0.4) is 0 Å². The van der Waals surface area contributed by atoms with Crippen LogP contribution >= 0.6 is 12.2 Å². The van der Waals surface area contributed by atoms with Crippen LogP contribution in [0.1, 0.15) is 51.9 Å². The molecule has 11 heavy (non-hydrogen) atoms. The van der Waals surface area contributed by atoms with Gasteiger partial charge < -0.3 is 0 Å². The lowest BCUT2D eigenvalue weighted by molar-refractivity contribution is 0.550. The van der Waals surface area contributed by atoms with Gasteiger partial charge in [-0.2, -0.15) is 0 Å². The summed E-state index contributed by atoms with van der Waals surface area (Å²) in [6.07, 6.45) is 9.38. The van der Waals surface area contributed by atoms with Gasteiger partial charge >= 0.3 is 0 Å². The molecule has 0 nitrogen and oxygen atoms in total. The Hall–Kier alpha value is 0.0900. The second-order valence-corrected chi connectivity index (χ2v) is 4.08. The molecule has 0 spiro atoms. The molecule has 1 atom stereocenters. The summed E-state index contributed by atoms with van der Waals surface area (Å²) in [7, 11) is 0. The van der Waals surface area contributed by atoms with Gasteiger partial charge in [0, 0.05) is 0 Å². The van der Waals surface area contributed by atoms with Gasteiger partial charge in [0.05, 0.1) is 0 Å². The number of rotatable bonds is 2. The van der Waals surface area contributed by atoms with Crippen LogP contribution in [-0.4, -0.2) is 4.86 Å². The third kappa shape index (κ3) is 2.90. The van der Waals surface area contributed by atoms with E-state index in [1.165, 1.54) is 49.8 Å². The minimum Gasteiger partial charge on any atom is -0.0894 e. The van der Waals surface area contributed by atoms with E-state index < -0.39 is 0 Å². The molecular weight excluding hydrogens is 152 g/mol. The molecule has 1 fully saturated rings. The Morgan fingerprint density at radius 1 is 1.36 bits per heavy atom. The zero-order valence-electron chi connectivity index (χ0n) is 7.44. The second-order valence-electron chi connectivity index (χ2n) is 3.55. The fourth-order valence-corrected chi connectivity index (χ4v) is 2.27. The molecule has 1 aliphatic rings. The molecule has 0 aromatic rings. The number of thiocarbonyl (C=S) groups is 1. The summed E-state index contributed by atoms with van der Waals surface area (Å²) >= 11 is 5.38. The van der Waals surface area contributed by atoms with E-state index in [-0.39, 0.29) is 0 Å². The summed E-state index contributed by atoms with van der Waals surface area (Å²) in [6.45, 7) is 2.26. The first kappa shape index (κ1) is 9.18. The first-order valence-electron chi connectivity index (χ1n) is 4.87. The SMILES string of the molecule is CCCC1CCCCCC1=S. The highest BCUT2D eigenvalue weighted by Crippen LogP contribution is 2.24. The van der Waals surface area contributed by atoms with Gasteiger partial charge in [0.15, 0.2) is 0 Å². The predicted octanol–water partition coefficient (Wildman–Crippen LogP) is 3.74. The topological polar surface area (TPSA) is 0 Å². The van der Waals surface area contributed by atoms with Crippen molar-refractivity contribution in [1.82, 2.24) is 0 Å². The van der Waals surface area contributed by atoms with E-state index in [0.29, 0.717) is 0 Å². The minimum absolute atomic E-state index is 0.789. The Labute approximate surface area is 75.4 Å². The van der Waals surface area contributed by atoms with E-state index >= 15 is 0 Å². The Morgan fingerprint density at radius 3 is 2.91 bits per heavy atom. The van der Waals surface area contributed by atoms with Crippen molar-refractivity contribution in [3.05, 3.63) is 0 Å². The average Bonchev–Trinajstić information content (AvgIpc) is 2.18. The molecule has 0 bridgehead atoms. The van der Waals surface area contributed by atoms with Gasteiger partial charge in [0.25, 0.3) is 0 Å². The molecule has 0 radical (unpaired) electrons. The van der Waals surface area contributed by atoms with Crippen molar-refractivity contribution in [2.24, 2.45) is 5.92 Å². The smallest absolute Gasteiger partial charge is 0.00406 e. The van der Waals surface area contributed by atoms with Crippen molar-refractivity contribution in [3.8, 4) is 0 Å². The van der Waals surface area contributed by atoms with E-state index in [2.05, 4.69) is 6.92 Å². The first-order valence-corrected chi connectivity index (χ1v) is 5.28. The molecule has 0 aromatic heterocycles. The molecule has 0 aromatic carbocycles. The fraction of sp³-hybridized carbons (Fsp3) is 0.900. The fourth-order valence-electron chi connectivity index (χ4n) is 1.89. The largest absolute Gasteiger partial charge is 0.0894 e. The summed E-state index contributed by atoms with van der Waals surface area (Å²) in [4.78, 5) is 1.37. The lowest BCUT2D eigenvalue weighted by atomic mass is 9.95. The highest BCUT2D eigenvalue weighted by atomic mass is 32.1. The van der Waals surface area contributed by atoms with Crippen LogP contribution in [0.5, 0.6) is 0 Å². The van der Waals surface area contributed by atoms with E-state index in [4.69, 9.17) is 12.2 Å². The summed E-state index contributed by atoms with van der Waals surface area (Å²) in [6, 6.07) is 0. The second kappa shape index (κ2) is 4.87. The van der Waals surface area contributed by atoms with Crippen LogP contribution < -0.4 is 0 Å². The van der Waals surface area contributed by atoms with Crippen molar-refractivity contribution in [2.75, 3.05) is 0 Å². The third-order valence-corrected chi connectivity index (χ3v) is 3.11. The van der Waals surface area contributed by atoms with Crippen molar-refractivity contribution >= 4 is 17.1 Å². The third-order valence-electron chi connectivity index (χ3n) is 2.57. The molecular formula is C10H18S. The standard InChI is InChI=1S/C10H18S/c1-2-6-9-7-4-3-5-8-10(9)11/h9H,2-8H2,1H3.